The fraction of sp³-hybridized carbons (Fsp3) is 1.00. The van der Waals surface area contributed by atoms with E-state index in [1.807, 2.05) is 6.92 Å². The maximum atomic E-state index is 5.83. The van der Waals surface area contributed by atoms with Crippen molar-refractivity contribution >= 4 is 11.6 Å². The normalized spacial score (nSPS) is 32.0. The topological polar surface area (TPSA) is 9.23 Å². The fourth-order valence-corrected chi connectivity index (χ4v) is 1.33. The van der Waals surface area contributed by atoms with Crippen LogP contribution in [0.5, 0.6) is 0 Å². The van der Waals surface area contributed by atoms with Gasteiger partial charge in [0.1, 0.15) is 0 Å². The molecule has 2 unspecified atom stereocenters. The molecule has 1 rings (SSSR count). The summed E-state index contributed by atoms with van der Waals surface area (Å²) < 4.78 is 5.41. The van der Waals surface area contributed by atoms with E-state index >= 15 is 0 Å². The number of hydrogen-bond acceptors (Lipinski definition) is 1. The van der Waals surface area contributed by atoms with Crippen LogP contribution >= 0.6 is 11.6 Å². The average Bonchev–Trinajstić information content (AvgIpc) is 1.90. The highest BCUT2D eigenvalue weighted by Gasteiger charge is 2.17. The van der Waals surface area contributed by atoms with Crippen molar-refractivity contribution in [2.24, 2.45) is 0 Å². The van der Waals surface area contributed by atoms with E-state index in [1.54, 1.807) is 0 Å². The Morgan fingerprint density at radius 3 is 2.67 bits per heavy atom. The van der Waals surface area contributed by atoms with Gasteiger partial charge in [-0.2, -0.15) is 0 Å². The van der Waals surface area contributed by atoms with E-state index in [-0.39, 0.29) is 5.38 Å². The summed E-state index contributed by atoms with van der Waals surface area (Å²) >= 11 is 5.83. The Bertz CT molecular complexity index is 77.0. The second kappa shape index (κ2) is 3.43. The first kappa shape index (κ1) is 7.36. The molecule has 1 heterocycles. The third-order valence-corrected chi connectivity index (χ3v) is 2.01. The summed E-state index contributed by atoms with van der Waals surface area (Å²) in [5.41, 5.74) is 0. The number of hydrogen-bond donors (Lipinski definition) is 0. The van der Waals surface area contributed by atoms with Gasteiger partial charge in [-0.3, -0.25) is 0 Å². The second-order valence-electron chi connectivity index (χ2n) is 2.58. The fourth-order valence-electron chi connectivity index (χ4n) is 1.13. The molecule has 1 nitrogen and oxygen atoms in total. The summed E-state index contributed by atoms with van der Waals surface area (Å²) in [5, 5.41) is 0.185. The monoisotopic (exact) mass is 148 g/mol. The van der Waals surface area contributed by atoms with Crippen LogP contribution in [0.3, 0.4) is 0 Å². The van der Waals surface area contributed by atoms with E-state index in [0.717, 1.165) is 13.0 Å². The highest BCUT2D eigenvalue weighted by molar-refractivity contribution is 6.20. The zero-order valence-corrected chi connectivity index (χ0v) is 6.53. The van der Waals surface area contributed by atoms with Crippen molar-refractivity contribution in [2.45, 2.75) is 37.7 Å². The Labute approximate surface area is 61.3 Å². The number of alkyl halides is 1. The van der Waals surface area contributed by atoms with Crippen LogP contribution in [0.4, 0.5) is 0 Å². The van der Waals surface area contributed by atoms with Crippen LogP contribution < -0.4 is 0 Å². The Morgan fingerprint density at radius 2 is 2.33 bits per heavy atom. The lowest BCUT2D eigenvalue weighted by Crippen LogP contribution is -2.26. The van der Waals surface area contributed by atoms with Gasteiger partial charge in [-0.05, 0) is 26.2 Å². The van der Waals surface area contributed by atoms with Crippen LogP contribution in [0.15, 0.2) is 0 Å². The minimum atomic E-state index is 0.185. The molecule has 0 aromatic rings. The van der Waals surface area contributed by atoms with E-state index in [2.05, 4.69) is 0 Å². The van der Waals surface area contributed by atoms with Gasteiger partial charge in [0, 0.05) is 6.61 Å². The molecule has 1 fully saturated rings. The van der Waals surface area contributed by atoms with Gasteiger partial charge in [0.05, 0.1) is 11.5 Å². The highest BCUT2D eigenvalue weighted by atomic mass is 35.5. The molecule has 1 saturated heterocycles. The first-order valence-corrected chi connectivity index (χ1v) is 4.00. The van der Waals surface area contributed by atoms with Crippen molar-refractivity contribution < 1.29 is 4.74 Å². The molecule has 0 aromatic carbocycles. The van der Waals surface area contributed by atoms with E-state index in [1.165, 1.54) is 12.8 Å². The Morgan fingerprint density at radius 1 is 1.56 bits per heavy atom. The molecule has 9 heavy (non-hydrogen) atoms. The molecule has 0 N–H and O–H groups in total. The van der Waals surface area contributed by atoms with Crippen molar-refractivity contribution in [1.29, 1.82) is 0 Å². The molecule has 54 valence electrons. The zero-order valence-electron chi connectivity index (χ0n) is 5.77. The van der Waals surface area contributed by atoms with Crippen LogP contribution in [0.2, 0.25) is 0 Å². The molecule has 0 aromatic heterocycles. The van der Waals surface area contributed by atoms with Crippen molar-refractivity contribution in [3.8, 4) is 0 Å². The molecule has 0 saturated carbocycles. The largest absolute Gasteiger partial charge is 0.377 e. The second-order valence-corrected chi connectivity index (χ2v) is 3.27. The molecule has 2 heteroatoms. The lowest BCUT2D eigenvalue weighted by molar-refractivity contribution is 0.0166. The molecule has 1 aliphatic rings. The Kier molecular flexibility index (Phi) is 2.80. The van der Waals surface area contributed by atoms with Gasteiger partial charge in [0.25, 0.3) is 0 Å². The molecular weight excluding hydrogens is 136 g/mol. The van der Waals surface area contributed by atoms with Crippen LogP contribution in [-0.2, 0) is 4.74 Å². The lowest BCUT2D eigenvalue weighted by Gasteiger charge is -2.24. The first-order chi connectivity index (χ1) is 4.30. The van der Waals surface area contributed by atoms with Crippen molar-refractivity contribution in [3.63, 3.8) is 0 Å². The van der Waals surface area contributed by atoms with Gasteiger partial charge >= 0.3 is 0 Å². The average molecular weight is 149 g/mol. The number of rotatable bonds is 1. The van der Waals surface area contributed by atoms with E-state index < -0.39 is 0 Å². The molecule has 0 aliphatic carbocycles. The van der Waals surface area contributed by atoms with Crippen LogP contribution in [0, 0.1) is 0 Å². The van der Waals surface area contributed by atoms with Crippen molar-refractivity contribution in [2.75, 3.05) is 6.61 Å². The third-order valence-electron chi connectivity index (χ3n) is 1.73. The quantitative estimate of drug-likeness (QED) is 0.518. The molecule has 0 bridgehead atoms. The summed E-state index contributed by atoms with van der Waals surface area (Å²) in [4.78, 5) is 0. The Balaban J connectivity index is 2.23. The maximum Gasteiger partial charge on any atom is 0.0735 e. The number of halogens is 1. The van der Waals surface area contributed by atoms with E-state index in [9.17, 15) is 0 Å². The Hall–Kier alpha value is 0.250. The van der Waals surface area contributed by atoms with Gasteiger partial charge in [-0.25, -0.2) is 0 Å². The maximum absolute atomic E-state index is 5.83. The number of ether oxygens (including phenoxy) is 1. The molecule has 1 aliphatic heterocycles. The standard InChI is InChI=1S/C7H13ClO/c1-6(8)7-4-2-3-5-9-7/h6-7H,2-5H2,1H3. The molecular formula is C7H13ClO. The van der Waals surface area contributed by atoms with Gasteiger partial charge in [0.15, 0.2) is 0 Å². The summed E-state index contributed by atoms with van der Waals surface area (Å²) in [6, 6.07) is 0. The van der Waals surface area contributed by atoms with Gasteiger partial charge in [-0.1, -0.05) is 0 Å². The SMILES string of the molecule is CC(Cl)C1CCCCO1. The van der Waals surface area contributed by atoms with Gasteiger partial charge in [-0.15, -0.1) is 11.6 Å². The third kappa shape index (κ3) is 2.15. The lowest BCUT2D eigenvalue weighted by atomic mass is 10.1. The summed E-state index contributed by atoms with van der Waals surface area (Å²) in [6.45, 7) is 2.90. The van der Waals surface area contributed by atoms with E-state index in [0.29, 0.717) is 6.10 Å². The van der Waals surface area contributed by atoms with Crippen LogP contribution in [-0.4, -0.2) is 18.1 Å². The molecule has 0 radical (unpaired) electrons. The van der Waals surface area contributed by atoms with E-state index in [4.69, 9.17) is 16.3 Å². The summed E-state index contributed by atoms with van der Waals surface area (Å²) in [5.74, 6) is 0. The van der Waals surface area contributed by atoms with Crippen molar-refractivity contribution in [1.82, 2.24) is 0 Å². The minimum absolute atomic E-state index is 0.185. The summed E-state index contributed by atoms with van der Waals surface area (Å²) in [6.07, 6.45) is 3.95. The predicted molar refractivity (Wildman–Crippen MR) is 38.9 cm³/mol. The predicted octanol–water partition coefficient (Wildman–Crippen LogP) is 2.18. The first-order valence-electron chi connectivity index (χ1n) is 3.56. The van der Waals surface area contributed by atoms with Crippen molar-refractivity contribution in [3.05, 3.63) is 0 Å². The zero-order chi connectivity index (χ0) is 6.69. The summed E-state index contributed by atoms with van der Waals surface area (Å²) in [7, 11) is 0. The molecule has 0 spiro atoms. The van der Waals surface area contributed by atoms with Gasteiger partial charge < -0.3 is 4.74 Å². The van der Waals surface area contributed by atoms with Crippen LogP contribution in [0.25, 0.3) is 0 Å². The van der Waals surface area contributed by atoms with Crippen LogP contribution in [0.1, 0.15) is 26.2 Å². The molecule has 0 amide bonds. The van der Waals surface area contributed by atoms with Gasteiger partial charge in [0.2, 0.25) is 0 Å². The minimum Gasteiger partial charge on any atom is -0.377 e. The highest BCUT2D eigenvalue weighted by Crippen LogP contribution is 2.18. The molecule has 2 atom stereocenters. The smallest absolute Gasteiger partial charge is 0.0735 e.